The van der Waals surface area contributed by atoms with Crippen molar-refractivity contribution in [3.63, 3.8) is 0 Å². The summed E-state index contributed by atoms with van der Waals surface area (Å²) in [6, 6.07) is -0.180. The molecule has 0 unspecified atom stereocenters. The van der Waals surface area contributed by atoms with Gasteiger partial charge in [-0.3, -0.25) is 0 Å². The van der Waals surface area contributed by atoms with Gasteiger partial charge in [0.25, 0.3) is 0 Å². The molecular weight excluding hydrogens is 220 g/mol. The van der Waals surface area contributed by atoms with Gasteiger partial charge in [-0.05, 0) is 12.8 Å². The molecule has 0 aromatic rings. The topological polar surface area (TPSA) is 70.6 Å². The minimum atomic E-state index is -0.180. The van der Waals surface area contributed by atoms with Crippen molar-refractivity contribution >= 4 is 6.03 Å². The molecule has 1 fully saturated rings. The lowest BCUT2D eigenvalue weighted by Crippen LogP contribution is -2.45. The molecule has 5 heteroatoms. The molecule has 5 nitrogen and oxygen atoms in total. The van der Waals surface area contributed by atoms with Crippen LogP contribution in [0, 0.1) is 5.41 Å². The van der Waals surface area contributed by atoms with Gasteiger partial charge < -0.3 is 20.5 Å². The van der Waals surface area contributed by atoms with E-state index in [9.17, 15) is 9.90 Å². The number of rotatable bonds is 6. The molecule has 1 aliphatic carbocycles. The van der Waals surface area contributed by atoms with Crippen LogP contribution in [0.1, 0.15) is 32.1 Å². The van der Waals surface area contributed by atoms with Crippen molar-refractivity contribution in [2.75, 3.05) is 33.4 Å². The Hall–Kier alpha value is -0.810. The highest BCUT2D eigenvalue weighted by molar-refractivity contribution is 5.73. The van der Waals surface area contributed by atoms with Gasteiger partial charge >= 0.3 is 6.03 Å². The highest BCUT2D eigenvalue weighted by Gasteiger charge is 2.31. The normalized spacial score (nSPS) is 18.7. The Morgan fingerprint density at radius 3 is 2.59 bits per heavy atom. The number of aliphatic hydroxyl groups excluding tert-OH is 1. The lowest BCUT2D eigenvalue weighted by molar-refractivity contribution is 0.0833. The van der Waals surface area contributed by atoms with Gasteiger partial charge in [0.15, 0.2) is 0 Å². The number of hydrogen-bond donors (Lipinski definition) is 3. The number of aliphatic hydroxyl groups is 1. The molecule has 0 bridgehead atoms. The maximum absolute atomic E-state index is 11.5. The molecular formula is C12H24N2O3. The second kappa shape index (κ2) is 7.50. The molecule has 0 heterocycles. The van der Waals surface area contributed by atoms with Gasteiger partial charge in [0, 0.05) is 25.6 Å². The van der Waals surface area contributed by atoms with Gasteiger partial charge in [-0.15, -0.1) is 0 Å². The minimum Gasteiger partial charge on any atom is -0.396 e. The molecule has 0 aliphatic heterocycles. The molecule has 0 spiro atoms. The lowest BCUT2D eigenvalue weighted by atomic mass is 9.74. The predicted octanol–water partition coefficient (Wildman–Crippen LogP) is 0.875. The Balaban J connectivity index is 2.24. The summed E-state index contributed by atoms with van der Waals surface area (Å²) in [7, 11) is 1.60. The zero-order chi connectivity index (χ0) is 12.6. The van der Waals surface area contributed by atoms with E-state index in [1.54, 1.807) is 7.11 Å². The molecule has 100 valence electrons. The van der Waals surface area contributed by atoms with Gasteiger partial charge in [-0.2, -0.15) is 0 Å². The number of ether oxygens (including phenoxy) is 1. The minimum absolute atomic E-state index is 0.100. The maximum atomic E-state index is 11.5. The van der Waals surface area contributed by atoms with Gasteiger partial charge in [-0.1, -0.05) is 19.3 Å². The number of carbonyl (C=O) groups is 1. The monoisotopic (exact) mass is 244 g/mol. The Morgan fingerprint density at radius 1 is 1.29 bits per heavy atom. The van der Waals surface area contributed by atoms with Gasteiger partial charge in [0.05, 0.1) is 13.2 Å². The summed E-state index contributed by atoms with van der Waals surface area (Å²) in [5.74, 6) is 0. The van der Waals surface area contributed by atoms with E-state index in [2.05, 4.69) is 10.6 Å². The molecule has 1 saturated carbocycles. The van der Waals surface area contributed by atoms with E-state index in [0.29, 0.717) is 19.7 Å². The van der Waals surface area contributed by atoms with Crippen LogP contribution in [0.25, 0.3) is 0 Å². The SMILES string of the molecule is COCCNC(=O)NCC1(CO)CCCCC1. The summed E-state index contributed by atoms with van der Waals surface area (Å²) in [6.45, 7) is 1.74. The third-order valence-corrected chi connectivity index (χ3v) is 3.47. The lowest BCUT2D eigenvalue weighted by Gasteiger charge is -2.35. The first-order valence-corrected chi connectivity index (χ1v) is 6.34. The number of methoxy groups -OCH3 is 1. The van der Waals surface area contributed by atoms with Crippen molar-refractivity contribution in [1.29, 1.82) is 0 Å². The first-order chi connectivity index (χ1) is 8.22. The van der Waals surface area contributed by atoms with Crippen LogP contribution in [0.2, 0.25) is 0 Å². The van der Waals surface area contributed by atoms with Crippen molar-refractivity contribution in [2.24, 2.45) is 5.41 Å². The van der Waals surface area contributed by atoms with Crippen LogP contribution in [0.15, 0.2) is 0 Å². The summed E-state index contributed by atoms with van der Waals surface area (Å²) in [6.07, 6.45) is 5.53. The van der Waals surface area contributed by atoms with Crippen LogP contribution in [0.5, 0.6) is 0 Å². The van der Waals surface area contributed by atoms with Crippen LogP contribution in [0.3, 0.4) is 0 Å². The standard InChI is InChI=1S/C12H24N2O3/c1-17-8-7-13-11(16)14-9-12(10-15)5-3-2-4-6-12/h15H,2-10H2,1H3,(H2,13,14,16). The summed E-state index contributed by atoms with van der Waals surface area (Å²) < 4.78 is 4.85. The Kier molecular flexibility index (Phi) is 6.29. The number of carbonyl (C=O) groups excluding carboxylic acids is 1. The molecule has 0 saturated heterocycles. The summed E-state index contributed by atoms with van der Waals surface area (Å²) in [4.78, 5) is 11.5. The van der Waals surface area contributed by atoms with E-state index >= 15 is 0 Å². The van der Waals surface area contributed by atoms with E-state index < -0.39 is 0 Å². The van der Waals surface area contributed by atoms with Crippen molar-refractivity contribution < 1.29 is 14.6 Å². The molecule has 0 aromatic heterocycles. The molecule has 3 N–H and O–H groups in total. The van der Waals surface area contributed by atoms with E-state index in [-0.39, 0.29) is 18.1 Å². The van der Waals surface area contributed by atoms with Crippen LogP contribution in [0.4, 0.5) is 4.79 Å². The Bertz CT molecular complexity index is 228. The number of urea groups is 1. The third-order valence-electron chi connectivity index (χ3n) is 3.47. The van der Waals surface area contributed by atoms with Crippen molar-refractivity contribution in [3.05, 3.63) is 0 Å². The molecule has 1 aliphatic rings. The van der Waals surface area contributed by atoms with Crippen LogP contribution >= 0.6 is 0 Å². The van der Waals surface area contributed by atoms with Crippen molar-refractivity contribution in [3.8, 4) is 0 Å². The fourth-order valence-corrected chi connectivity index (χ4v) is 2.29. The largest absolute Gasteiger partial charge is 0.396 e. The van der Waals surface area contributed by atoms with Gasteiger partial charge in [-0.25, -0.2) is 4.79 Å². The second-order valence-electron chi connectivity index (χ2n) is 4.82. The van der Waals surface area contributed by atoms with E-state index in [0.717, 1.165) is 25.7 Å². The first kappa shape index (κ1) is 14.3. The summed E-state index contributed by atoms with van der Waals surface area (Å²) in [5.41, 5.74) is -0.100. The molecule has 2 amide bonds. The third kappa shape index (κ3) is 4.91. The first-order valence-electron chi connectivity index (χ1n) is 6.34. The quantitative estimate of drug-likeness (QED) is 0.607. The highest BCUT2D eigenvalue weighted by Crippen LogP contribution is 2.35. The molecule has 17 heavy (non-hydrogen) atoms. The average molecular weight is 244 g/mol. The Morgan fingerprint density at radius 2 is 2.00 bits per heavy atom. The second-order valence-corrected chi connectivity index (χ2v) is 4.82. The summed E-state index contributed by atoms with van der Waals surface area (Å²) in [5, 5.41) is 15.0. The molecule has 0 radical (unpaired) electrons. The highest BCUT2D eigenvalue weighted by atomic mass is 16.5. The van der Waals surface area contributed by atoms with E-state index in [1.807, 2.05) is 0 Å². The van der Waals surface area contributed by atoms with Crippen molar-refractivity contribution in [1.82, 2.24) is 10.6 Å². The Labute approximate surface area is 103 Å². The average Bonchev–Trinajstić information content (AvgIpc) is 2.38. The molecule has 0 aromatic carbocycles. The van der Waals surface area contributed by atoms with Gasteiger partial charge in [0.1, 0.15) is 0 Å². The predicted molar refractivity (Wildman–Crippen MR) is 65.9 cm³/mol. The van der Waals surface area contributed by atoms with Crippen molar-refractivity contribution in [2.45, 2.75) is 32.1 Å². The smallest absolute Gasteiger partial charge is 0.314 e. The van der Waals surface area contributed by atoms with Crippen LogP contribution in [-0.2, 0) is 4.74 Å². The maximum Gasteiger partial charge on any atom is 0.314 e. The number of hydrogen-bond acceptors (Lipinski definition) is 3. The van der Waals surface area contributed by atoms with Crippen LogP contribution in [-0.4, -0.2) is 44.6 Å². The van der Waals surface area contributed by atoms with E-state index in [1.165, 1.54) is 6.42 Å². The molecule has 0 atom stereocenters. The van der Waals surface area contributed by atoms with Gasteiger partial charge in [0.2, 0.25) is 0 Å². The van der Waals surface area contributed by atoms with Crippen LogP contribution < -0.4 is 10.6 Å². The molecule has 1 rings (SSSR count). The zero-order valence-corrected chi connectivity index (χ0v) is 10.6. The number of amides is 2. The fourth-order valence-electron chi connectivity index (χ4n) is 2.29. The zero-order valence-electron chi connectivity index (χ0n) is 10.6. The fraction of sp³-hybridized carbons (Fsp3) is 0.917. The summed E-state index contributed by atoms with van der Waals surface area (Å²) >= 11 is 0. The van der Waals surface area contributed by atoms with E-state index in [4.69, 9.17) is 4.74 Å². The number of nitrogens with one attached hydrogen (secondary N) is 2.